The number of thiazole rings is 1. The van der Waals surface area contributed by atoms with Crippen molar-refractivity contribution in [1.29, 1.82) is 0 Å². The Morgan fingerprint density at radius 1 is 1.17 bits per heavy atom. The Bertz CT molecular complexity index is 336. The zero-order valence-corrected chi connectivity index (χ0v) is 12.4. The van der Waals surface area contributed by atoms with Crippen molar-refractivity contribution >= 4 is 11.3 Å². The minimum absolute atomic E-state index is 0.183. The summed E-state index contributed by atoms with van der Waals surface area (Å²) in [5.41, 5.74) is 7.62. The third kappa shape index (κ3) is 3.79. The van der Waals surface area contributed by atoms with Gasteiger partial charge in [-0.05, 0) is 32.1 Å². The fourth-order valence-electron chi connectivity index (χ4n) is 2.62. The molecule has 1 unspecified atom stereocenters. The van der Waals surface area contributed by atoms with Crippen molar-refractivity contribution in [2.24, 2.45) is 5.73 Å². The minimum atomic E-state index is 0.183. The highest BCUT2D eigenvalue weighted by molar-refractivity contribution is 7.11. The maximum Gasteiger partial charge on any atom is 0.110 e. The number of unbranched alkanes of at least 4 members (excludes halogenated alkanes) is 4. The van der Waals surface area contributed by atoms with Gasteiger partial charge in [0.15, 0.2) is 0 Å². The quantitative estimate of drug-likeness (QED) is 0.744. The predicted octanol–water partition coefficient (Wildman–Crippen LogP) is 4.38. The highest BCUT2D eigenvalue weighted by Crippen LogP contribution is 2.30. The van der Waals surface area contributed by atoms with Crippen LogP contribution in [-0.2, 0) is 12.8 Å². The van der Waals surface area contributed by atoms with Crippen molar-refractivity contribution < 1.29 is 0 Å². The summed E-state index contributed by atoms with van der Waals surface area (Å²) < 4.78 is 0. The first kappa shape index (κ1) is 14.0. The monoisotopic (exact) mass is 266 g/mol. The lowest BCUT2D eigenvalue weighted by Crippen LogP contribution is -2.10. The molecule has 0 aromatic carbocycles. The number of hydrogen-bond acceptors (Lipinski definition) is 3. The largest absolute Gasteiger partial charge is 0.322 e. The van der Waals surface area contributed by atoms with Crippen LogP contribution in [0.3, 0.4) is 0 Å². The summed E-state index contributed by atoms with van der Waals surface area (Å²) in [5, 5.41) is 1.19. The molecule has 3 heteroatoms. The Labute approximate surface area is 115 Å². The molecule has 18 heavy (non-hydrogen) atoms. The standard InChI is InChI=1S/C15H26N2S/c1-2-3-4-5-6-9-12(16)15-17-13-10-7-8-11-14(13)18-15/h12H,2-11,16H2,1H3. The van der Waals surface area contributed by atoms with Crippen molar-refractivity contribution in [3.8, 4) is 0 Å². The second kappa shape index (κ2) is 7.25. The van der Waals surface area contributed by atoms with Gasteiger partial charge < -0.3 is 5.73 Å². The van der Waals surface area contributed by atoms with Crippen LogP contribution in [0, 0.1) is 0 Å². The number of aromatic nitrogens is 1. The summed E-state index contributed by atoms with van der Waals surface area (Å²) in [5.74, 6) is 0. The molecule has 1 aromatic rings. The van der Waals surface area contributed by atoms with E-state index in [4.69, 9.17) is 10.7 Å². The first-order valence-corrected chi connectivity index (χ1v) is 8.37. The Balaban J connectivity index is 1.78. The summed E-state index contributed by atoms with van der Waals surface area (Å²) in [7, 11) is 0. The molecule has 102 valence electrons. The van der Waals surface area contributed by atoms with E-state index in [0.717, 1.165) is 6.42 Å². The maximum atomic E-state index is 6.27. The van der Waals surface area contributed by atoms with E-state index in [0.29, 0.717) is 0 Å². The molecule has 0 aliphatic heterocycles. The van der Waals surface area contributed by atoms with Crippen molar-refractivity contribution in [2.75, 3.05) is 0 Å². The van der Waals surface area contributed by atoms with Crippen LogP contribution in [-0.4, -0.2) is 4.98 Å². The molecule has 0 radical (unpaired) electrons. The fraction of sp³-hybridized carbons (Fsp3) is 0.800. The molecule has 1 aromatic heterocycles. The molecule has 1 aliphatic rings. The van der Waals surface area contributed by atoms with Crippen molar-refractivity contribution in [3.63, 3.8) is 0 Å². The Morgan fingerprint density at radius 2 is 1.94 bits per heavy atom. The SMILES string of the molecule is CCCCCCCC(N)c1nc2c(s1)CCCC2. The van der Waals surface area contributed by atoms with E-state index in [9.17, 15) is 0 Å². The van der Waals surface area contributed by atoms with Gasteiger partial charge in [-0.2, -0.15) is 0 Å². The lowest BCUT2D eigenvalue weighted by atomic mass is 10.0. The fourth-order valence-corrected chi connectivity index (χ4v) is 3.81. The van der Waals surface area contributed by atoms with Gasteiger partial charge in [0.1, 0.15) is 5.01 Å². The van der Waals surface area contributed by atoms with Crippen LogP contribution in [0.15, 0.2) is 0 Å². The van der Waals surface area contributed by atoms with Gasteiger partial charge in [-0.3, -0.25) is 0 Å². The third-order valence-electron chi connectivity index (χ3n) is 3.80. The van der Waals surface area contributed by atoms with Crippen molar-refractivity contribution in [1.82, 2.24) is 4.98 Å². The zero-order chi connectivity index (χ0) is 12.8. The van der Waals surface area contributed by atoms with Gasteiger partial charge in [0, 0.05) is 4.88 Å². The van der Waals surface area contributed by atoms with Crippen LogP contribution in [0.4, 0.5) is 0 Å². The molecular weight excluding hydrogens is 240 g/mol. The molecule has 0 fully saturated rings. The van der Waals surface area contributed by atoms with E-state index in [1.165, 1.54) is 73.4 Å². The highest BCUT2D eigenvalue weighted by Gasteiger charge is 2.18. The first-order chi connectivity index (χ1) is 8.81. The molecule has 0 spiro atoms. The van der Waals surface area contributed by atoms with Crippen LogP contribution in [0.1, 0.15) is 79.9 Å². The molecule has 2 rings (SSSR count). The number of nitrogens with zero attached hydrogens (tertiary/aromatic N) is 1. The molecule has 1 atom stereocenters. The minimum Gasteiger partial charge on any atom is -0.322 e. The number of nitrogens with two attached hydrogens (primary N) is 1. The van der Waals surface area contributed by atoms with Crippen molar-refractivity contribution in [2.45, 2.75) is 77.2 Å². The molecule has 2 nitrogen and oxygen atoms in total. The average molecular weight is 266 g/mol. The van der Waals surface area contributed by atoms with E-state index in [1.54, 1.807) is 0 Å². The topological polar surface area (TPSA) is 38.9 Å². The normalized spacial score (nSPS) is 16.6. The molecule has 1 heterocycles. The van der Waals surface area contributed by atoms with Crippen LogP contribution in [0.5, 0.6) is 0 Å². The van der Waals surface area contributed by atoms with Crippen LogP contribution < -0.4 is 5.73 Å². The molecule has 2 N–H and O–H groups in total. The smallest absolute Gasteiger partial charge is 0.110 e. The van der Waals surface area contributed by atoms with Crippen LogP contribution in [0.25, 0.3) is 0 Å². The van der Waals surface area contributed by atoms with Gasteiger partial charge in [-0.1, -0.05) is 39.0 Å². The number of hydrogen-bond donors (Lipinski definition) is 1. The molecule has 0 saturated heterocycles. The zero-order valence-electron chi connectivity index (χ0n) is 11.6. The number of rotatable bonds is 7. The Kier molecular flexibility index (Phi) is 5.64. The number of aryl methyl sites for hydroxylation is 2. The Morgan fingerprint density at radius 3 is 2.72 bits per heavy atom. The van der Waals surface area contributed by atoms with Gasteiger partial charge >= 0.3 is 0 Å². The molecule has 0 bridgehead atoms. The lowest BCUT2D eigenvalue weighted by molar-refractivity contribution is 0.552. The van der Waals surface area contributed by atoms with Gasteiger partial charge in [-0.25, -0.2) is 4.98 Å². The summed E-state index contributed by atoms with van der Waals surface area (Å²) in [6.07, 6.45) is 12.8. The van der Waals surface area contributed by atoms with E-state index in [1.807, 2.05) is 11.3 Å². The summed E-state index contributed by atoms with van der Waals surface area (Å²) in [6, 6.07) is 0.183. The van der Waals surface area contributed by atoms with Crippen molar-refractivity contribution in [3.05, 3.63) is 15.6 Å². The second-order valence-electron chi connectivity index (χ2n) is 5.44. The van der Waals surface area contributed by atoms with Gasteiger partial charge in [0.25, 0.3) is 0 Å². The second-order valence-corrected chi connectivity index (χ2v) is 6.55. The predicted molar refractivity (Wildman–Crippen MR) is 79.1 cm³/mol. The first-order valence-electron chi connectivity index (χ1n) is 7.55. The molecule has 0 saturated carbocycles. The van der Waals surface area contributed by atoms with E-state index < -0.39 is 0 Å². The van der Waals surface area contributed by atoms with Gasteiger partial charge in [-0.15, -0.1) is 11.3 Å². The maximum absolute atomic E-state index is 6.27. The van der Waals surface area contributed by atoms with E-state index in [2.05, 4.69) is 6.92 Å². The highest BCUT2D eigenvalue weighted by atomic mass is 32.1. The van der Waals surface area contributed by atoms with Crippen LogP contribution in [0.2, 0.25) is 0 Å². The average Bonchev–Trinajstić information content (AvgIpc) is 2.82. The van der Waals surface area contributed by atoms with E-state index in [-0.39, 0.29) is 6.04 Å². The molecule has 1 aliphatic carbocycles. The van der Waals surface area contributed by atoms with Crippen LogP contribution >= 0.6 is 11.3 Å². The lowest BCUT2D eigenvalue weighted by Gasteiger charge is -2.07. The number of fused-ring (bicyclic) bond motifs is 1. The third-order valence-corrected chi connectivity index (χ3v) is 5.09. The molecular formula is C15H26N2S. The summed E-state index contributed by atoms with van der Waals surface area (Å²) in [6.45, 7) is 2.26. The van der Waals surface area contributed by atoms with E-state index >= 15 is 0 Å². The summed E-state index contributed by atoms with van der Waals surface area (Å²) >= 11 is 1.88. The van der Waals surface area contributed by atoms with Gasteiger partial charge in [0.2, 0.25) is 0 Å². The molecule has 0 amide bonds. The van der Waals surface area contributed by atoms with Gasteiger partial charge in [0.05, 0.1) is 11.7 Å². The summed E-state index contributed by atoms with van der Waals surface area (Å²) in [4.78, 5) is 6.27. The Hall–Kier alpha value is -0.410.